The Bertz CT molecular complexity index is 802. The van der Waals surface area contributed by atoms with E-state index < -0.39 is 5.91 Å². The van der Waals surface area contributed by atoms with Crippen LogP contribution in [0.1, 0.15) is 29.8 Å². The number of rotatable bonds is 6. The summed E-state index contributed by atoms with van der Waals surface area (Å²) < 4.78 is 5.06. The molecule has 25 heavy (non-hydrogen) atoms. The molecule has 3 rings (SSSR count). The van der Waals surface area contributed by atoms with Gasteiger partial charge in [0.2, 0.25) is 17.6 Å². The molecular formula is C17H16ClN3O4. The first-order chi connectivity index (χ1) is 12.0. The van der Waals surface area contributed by atoms with Crippen LogP contribution in [-0.4, -0.2) is 40.9 Å². The van der Waals surface area contributed by atoms with Crippen LogP contribution in [0, 0.1) is 0 Å². The second-order valence-electron chi connectivity index (χ2n) is 5.64. The number of benzene rings is 1. The zero-order chi connectivity index (χ0) is 17.8. The third-order valence-electron chi connectivity index (χ3n) is 3.85. The lowest BCUT2D eigenvalue weighted by molar-refractivity contribution is -0.138. The average Bonchev–Trinajstić information content (AvgIpc) is 3.20. The molecule has 0 unspecified atom stereocenters. The lowest BCUT2D eigenvalue weighted by Gasteiger charge is -2.13. The minimum Gasteiger partial charge on any atom is -0.350 e. The van der Waals surface area contributed by atoms with Crippen molar-refractivity contribution in [3.63, 3.8) is 0 Å². The molecule has 1 aromatic carbocycles. The van der Waals surface area contributed by atoms with Crippen LogP contribution < -0.4 is 5.32 Å². The number of carbonyl (C=O) groups excluding carboxylic acids is 3. The van der Waals surface area contributed by atoms with Gasteiger partial charge in [0, 0.05) is 42.6 Å². The molecule has 1 aliphatic heterocycles. The van der Waals surface area contributed by atoms with Gasteiger partial charge in [-0.15, -0.1) is 0 Å². The first-order valence-electron chi connectivity index (χ1n) is 7.88. The molecule has 2 aromatic rings. The number of nitrogens with one attached hydrogen (secondary N) is 1. The molecule has 1 N–H and O–H groups in total. The molecule has 130 valence electrons. The number of amides is 3. The van der Waals surface area contributed by atoms with E-state index in [0.29, 0.717) is 30.2 Å². The van der Waals surface area contributed by atoms with Crippen molar-refractivity contribution in [1.82, 2.24) is 15.4 Å². The number of nitrogens with zero attached hydrogens (tertiary/aromatic N) is 2. The van der Waals surface area contributed by atoms with E-state index in [2.05, 4.69) is 10.5 Å². The second kappa shape index (κ2) is 7.48. The van der Waals surface area contributed by atoms with Crippen molar-refractivity contribution in [2.24, 2.45) is 0 Å². The third kappa shape index (κ3) is 4.06. The molecule has 2 heterocycles. The van der Waals surface area contributed by atoms with E-state index >= 15 is 0 Å². The van der Waals surface area contributed by atoms with Crippen molar-refractivity contribution >= 4 is 29.3 Å². The van der Waals surface area contributed by atoms with E-state index in [0.717, 1.165) is 5.56 Å². The van der Waals surface area contributed by atoms with Gasteiger partial charge in [-0.25, -0.2) is 0 Å². The van der Waals surface area contributed by atoms with Gasteiger partial charge in [0.25, 0.3) is 5.91 Å². The Morgan fingerprint density at radius 2 is 2.00 bits per heavy atom. The maximum Gasteiger partial charge on any atom is 0.289 e. The minimum atomic E-state index is -0.403. The van der Waals surface area contributed by atoms with Crippen LogP contribution in [0.5, 0.6) is 0 Å². The van der Waals surface area contributed by atoms with Crippen LogP contribution >= 0.6 is 11.6 Å². The summed E-state index contributed by atoms with van der Waals surface area (Å²) in [5.74, 6) is -0.626. The van der Waals surface area contributed by atoms with Crippen molar-refractivity contribution in [2.45, 2.75) is 19.3 Å². The van der Waals surface area contributed by atoms with Crippen molar-refractivity contribution in [2.75, 3.05) is 13.1 Å². The van der Waals surface area contributed by atoms with Gasteiger partial charge in [0.05, 0.1) is 0 Å². The highest BCUT2D eigenvalue weighted by molar-refractivity contribution is 6.30. The van der Waals surface area contributed by atoms with Gasteiger partial charge in [-0.1, -0.05) is 28.9 Å². The number of hydrogen-bond donors (Lipinski definition) is 1. The van der Waals surface area contributed by atoms with Crippen LogP contribution in [0.4, 0.5) is 0 Å². The summed E-state index contributed by atoms with van der Waals surface area (Å²) in [6.07, 6.45) is 1.03. The monoisotopic (exact) mass is 361 g/mol. The maximum absolute atomic E-state index is 12.1. The Morgan fingerprint density at radius 1 is 1.24 bits per heavy atom. The number of hydrogen-bond acceptors (Lipinski definition) is 5. The van der Waals surface area contributed by atoms with E-state index in [1.807, 2.05) is 6.07 Å². The molecule has 0 radical (unpaired) electrons. The second-order valence-corrected chi connectivity index (χ2v) is 6.07. The lowest BCUT2D eigenvalue weighted by Crippen LogP contribution is -2.33. The van der Waals surface area contributed by atoms with Gasteiger partial charge in [-0.05, 0) is 18.6 Å². The Kier molecular flexibility index (Phi) is 5.14. The SMILES string of the molecule is O=C(NCCCN1C(=O)CCC1=O)c1cc(-c2cccc(Cl)c2)no1. The molecule has 0 bridgehead atoms. The third-order valence-corrected chi connectivity index (χ3v) is 4.09. The first kappa shape index (κ1) is 17.2. The zero-order valence-electron chi connectivity index (χ0n) is 13.3. The van der Waals surface area contributed by atoms with E-state index in [1.165, 1.54) is 11.0 Å². The standard InChI is InChI=1S/C17H16ClN3O4/c18-12-4-1-3-11(9-12)13-10-14(25-20-13)17(24)19-7-2-8-21-15(22)5-6-16(21)23/h1,3-4,9-10H,2,5-8H2,(H,19,24). The predicted octanol–water partition coefficient (Wildman–Crippen LogP) is 2.26. The normalized spacial score (nSPS) is 14.2. The predicted molar refractivity (Wildman–Crippen MR) is 89.9 cm³/mol. The zero-order valence-corrected chi connectivity index (χ0v) is 14.1. The van der Waals surface area contributed by atoms with Gasteiger partial charge in [-0.3, -0.25) is 19.3 Å². The number of aromatic nitrogens is 1. The number of carbonyl (C=O) groups is 3. The van der Waals surface area contributed by atoms with Crippen LogP contribution in [0.3, 0.4) is 0 Å². The molecule has 0 aliphatic carbocycles. The summed E-state index contributed by atoms with van der Waals surface area (Å²) in [5, 5.41) is 7.12. The number of likely N-dealkylation sites (tertiary alicyclic amines) is 1. The quantitative estimate of drug-likeness (QED) is 0.629. The van der Waals surface area contributed by atoms with Crippen molar-refractivity contribution in [1.29, 1.82) is 0 Å². The van der Waals surface area contributed by atoms with Gasteiger partial charge >= 0.3 is 0 Å². The van der Waals surface area contributed by atoms with Crippen LogP contribution in [-0.2, 0) is 9.59 Å². The van der Waals surface area contributed by atoms with Crippen LogP contribution in [0.2, 0.25) is 5.02 Å². The summed E-state index contributed by atoms with van der Waals surface area (Å²) in [6, 6.07) is 8.61. The number of imide groups is 1. The topological polar surface area (TPSA) is 92.5 Å². The van der Waals surface area contributed by atoms with E-state index in [-0.39, 0.29) is 30.4 Å². The Labute approximate surface area is 148 Å². The molecule has 1 aliphatic rings. The largest absolute Gasteiger partial charge is 0.350 e. The molecule has 7 nitrogen and oxygen atoms in total. The van der Waals surface area contributed by atoms with Crippen molar-refractivity contribution < 1.29 is 18.9 Å². The molecular weight excluding hydrogens is 346 g/mol. The van der Waals surface area contributed by atoms with Crippen molar-refractivity contribution in [3.05, 3.63) is 41.1 Å². The fourth-order valence-corrected chi connectivity index (χ4v) is 2.75. The fraction of sp³-hybridized carbons (Fsp3) is 0.294. The molecule has 0 saturated carbocycles. The summed E-state index contributed by atoms with van der Waals surface area (Å²) in [6.45, 7) is 0.630. The van der Waals surface area contributed by atoms with Crippen LogP contribution in [0.25, 0.3) is 11.3 Å². The molecule has 0 atom stereocenters. The summed E-state index contributed by atoms with van der Waals surface area (Å²) in [5.41, 5.74) is 1.27. The first-order valence-corrected chi connectivity index (χ1v) is 8.26. The smallest absolute Gasteiger partial charge is 0.289 e. The van der Waals surface area contributed by atoms with E-state index in [9.17, 15) is 14.4 Å². The molecule has 8 heteroatoms. The van der Waals surface area contributed by atoms with Gasteiger partial charge in [0.15, 0.2) is 0 Å². The highest BCUT2D eigenvalue weighted by Gasteiger charge is 2.28. The minimum absolute atomic E-state index is 0.0864. The van der Waals surface area contributed by atoms with Gasteiger partial charge < -0.3 is 9.84 Å². The summed E-state index contributed by atoms with van der Waals surface area (Å²) in [4.78, 5) is 36.3. The average molecular weight is 362 g/mol. The highest BCUT2D eigenvalue weighted by atomic mass is 35.5. The van der Waals surface area contributed by atoms with Crippen LogP contribution in [0.15, 0.2) is 34.9 Å². The Balaban J connectivity index is 1.50. The maximum atomic E-state index is 12.1. The van der Waals surface area contributed by atoms with E-state index in [1.54, 1.807) is 18.2 Å². The molecule has 0 spiro atoms. The van der Waals surface area contributed by atoms with Gasteiger partial charge in [-0.2, -0.15) is 0 Å². The van der Waals surface area contributed by atoms with Crippen molar-refractivity contribution in [3.8, 4) is 11.3 Å². The molecule has 1 fully saturated rings. The fourth-order valence-electron chi connectivity index (χ4n) is 2.56. The lowest BCUT2D eigenvalue weighted by atomic mass is 10.1. The number of halogens is 1. The molecule has 1 aromatic heterocycles. The summed E-state index contributed by atoms with van der Waals surface area (Å²) in [7, 11) is 0. The molecule has 1 saturated heterocycles. The van der Waals surface area contributed by atoms with E-state index in [4.69, 9.17) is 16.1 Å². The summed E-state index contributed by atoms with van der Waals surface area (Å²) >= 11 is 5.93. The Hall–Kier alpha value is -2.67. The van der Waals surface area contributed by atoms with Gasteiger partial charge in [0.1, 0.15) is 5.69 Å². The molecule has 3 amide bonds. The Morgan fingerprint density at radius 3 is 2.72 bits per heavy atom. The highest BCUT2D eigenvalue weighted by Crippen LogP contribution is 2.22.